The average molecular weight is 148 g/mol. The quantitative estimate of drug-likeness (QED) is 0.479. The molecule has 3 rings (SSSR count). The molecular weight excluding hydrogens is 136 g/mol. The van der Waals surface area contributed by atoms with Crippen LogP contribution in [0.3, 0.4) is 0 Å². The van der Waals surface area contributed by atoms with Gasteiger partial charge in [-0.3, -0.25) is 4.79 Å². The van der Waals surface area contributed by atoms with Gasteiger partial charge in [-0.25, -0.2) is 0 Å². The highest BCUT2D eigenvalue weighted by molar-refractivity contribution is 5.85. The van der Waals surface area contributed by atoms with Crippen LogP contribution >= 0.6 is 0 Å². The number of carbonyl (C=O) groups is 1. The summed E-state index contributed by atoms with van der Waals surface area (Å²) < 4.78 is 0. The summed E-state index contributed by atoms with van der Waals surface area (Å²) in [6.45, 7) is 0. The Morgan fingerprint density at radius 1 is 1.45 bits per heavy atom. The van der Waals surface area contributed by atoms with Gasteiger partial charge in [0.1, 0.15) is 5.78 Å². The molecular formula is C10H12O. The Morgan fingerprint density at radius 2 is 2.36 bits per heavy atom. The number of rotatable bonds is 0. The minimum atomic E-state index is 0.434. The lowest BCUT2D eigenvalue weighted by molar-refractivity contribution is -0.123. The van der Waals surface area contributed by atoms with Gasteiger partial charge in [-0.15, -0.1) is 0 Å². The molecule has 0 spiro atoms. The Bertz CT molecular complexity index is 241. The highest BCUT2D eigenvalue weighted by atomic mass is 16.1. The molecule has 0 aromatic carbocycles. The van der Waals surface area contributed by atoms with E-state index in [2.05, 4.69) is 12.2 Å². The molecule has 0 heterocycles. The zero-order valence-corrected chi connectivity index (χ0v) is 6.49. The van der Waals surface area contributed by atoms with Crippen molar-refractivity contribution in [2.75, 3.05) is 0 Å². The van der Waals surface area contributed by atoms with Crippen LogP contribution in [-0.2, 0) is 4.79 Å². The van der Waals surface area contributed by atoms with E-state index < -0.39 is 0 Å². The summed E-state index contributed by atoms with van der Waals surface area (Å²) >= 11 is 0. The standard InChI is InChI=1S/C10H12O/c11-10-5-6-4-9(10)8-3-1-2-7(6)8/h1,3,6-9H,2,4-5H2/t6?,7-,8-,9?/m0/s1. The monoisotopic (exact) mass is 148 g/mol. The number of hydrogen-bond donors (Lipinski definition) is 0. The van der Waals surface area contributed by atoms with Crippen LogP contribution in [0.5, 0.6) is 0 Å². The van der Waals surface area contributed by atoms with Gasteiger partial charge < -0.3 is 0 Å². The number of Topliss-reactive ketones (excluding diaryl/α,β-unsaturated/α-hetero) is 1. The maximum absolute atomic E-state index is 11.3. The molecule has 1 nitrogen and oxygen atoms in total. The first kappa shape index (κ1) is 5.99. The van der Waals surface area contributed by atoms with Crippen LogP contribution in [0.2, 0.25) is 0 Å². The molecule has 0 saturated heterocycles. The maximum Gasteiger partial charge on any atom is 0.136 e. The molecule has 0 radical (unpaired) electrons. The molecule has 0 N–H and O–H groups in total. The van der Waals surface area contributed by atoms with Crippen LogP contribution in [0.4, 0.5) is 0 Å². The molecule has 0 aromatic heterocycles. The summed E-state index contributed by atoms with van der Waals surface area (Å²) in [5, 5.41) is 0. The van der Waals surface area contributed by atoms with Crippen LogP contribution in [0.15, 0.2) is 12.2 Å². The van der Waals surface area contributed by atoms with Crippen molar-refractivity contribution >= 4 is 5.78 Å². The fourth-order valence-electron chi connectivity index (χ4n) is 3.28. The van der Waals surface area contributed by atoms with Crippen molar-refractivity contribution in [2.45, 2.75) is 19.3 Å². The maximum atomic E-state index is 11.3. The molecule has 3 aliphatic rings. The lowest BCUT2D eigenvalue weighted by Gasteiger charge is -2.22. The zero-order valence-electron chi connectivity index (χ0n) is 6.49. The minimum Gasteiger partial charge on any atom is -0.299 e. The molecule has 2 fully saturated rings. The predicted molar refractivity (Wildman–Crippen MR) is 42.0 cm³/mol. The Kier molecular flexibility index (Phi) is 0.961. The Balaban J connectivity index is 2.00. The molecule has 4 atom stereocenters. The molecule has 0 aliphatic heterocycles. The normalized spacial score (nSPS) is 52.2. The van der Waals surface area contributed by atoms with Crippen molar-refractivity contribution in [1.82, 2.24) is 0 Å². The summed E-state index contributed by atoms with van der Waals surface area (Å²) in [5.41, 5.74) is 0. The highest BCUT2D eigenvalue weighted by Gasteiger charge is 2.51. The van der Waals surface area contributed by atoms with Gasteiger partial charge in [-0.1, -0.05) is 12.2 Å². The van der Waals surface area contributed by atoms with Crippen LogP contribution in [-0.4, -0.2) is 5.78 Å². The third-order valence-corrected chi connectivity index (χ3v) is 3.76. The van der Waals surface area contributed by atoms with Crippen molar-refractivity contribution in [3.8, 4) is 0 Å². The largest absolute Gasteiger partial charge is 0.299 e. The lowest BCUT2D eigenvalue weighted by atomic mass is 9.81. The van der Waals surface area contributed by atoms with Gasteiger partial charge >= 0.3 is 0 Å². The van der Waals surface area contributed by atoms with E-state index in [0.29, 0.717) is 17.6 Å². The van der Waals surface area contributed by atoms with Gasteiger partial charge in [0.2, 0.25) is 0 Å². The topological polar surface area (TPSA) is 17.1 Å². The second kappa shape index (κ2) is 1.77. The van der Waals surface area contributed by atoms with Crippen LogP contribution in [0.1, 0.15) is 19.3 Å². The van der Waals surface area contributed by atoms with Gasteiger partial charge in [0.05, 0.1) is 0 Å². The number of allylic oxidation sites excluding steroid dienone is 2. The predicted octanol–water partition coefficient (Wildman–Crippen LogP) is 1.79. The summed E-state index contributed by atoms with van der Waals surface area (Å²) in [6, 6.07) is 0. The third kappa shape index (κ3) is 0.597. The SMILES string of the molecule is O=C1CC2CC1[C@H]1C=CC[C@@H]21. The third-order valence-electron chi connectivity index (χ3n) is 3.76. The van der Waals surface area contributed by atoms with E-state index in [9.17, 15) is 4.79 Å². The van der Waals surface area contributed by atoms with Gasteiger partial charge in [0.15, 0.2) is 0 Å². The van der Waals surface area contributed by atoms with E-state index in [1.807, 2.05) is 0 Å². The number of fused-ring (bicyclic) bond motifs is 5. The van der Waals surface area contributed by atoms with Crippen LogP contribution in [0, 0.1) is 23.7 Å². The molecule has 58 valence electrons. The van der Waals surface area contributed by atoms with Crippen molar-refractivity contribution < 1.29 is 4.79 Å². The smallest absolute Gasteiger partial charge is 0.136 e. The Hall–Kier alpha value is -0.590. The summed E-state index contributed by atoms with van der Waals surface area (Å²) in [6.07, 6.45) is 7.91. The van der Waals surface area contributed by atoms with E-state index >= 15 is 0 Å². The molecule has 2 unspecified atom stereocenters. The minimum absolute atomic E-state index is 0.434. The molecule has 2 saturated carbocycles. The van der Waals surface area contributed by atoms with E-state index in [-0.39, 0.29) is 0 Å². The second-order valence-corrected chi connectivity index (χ2v) is 4.18. The van der Waals surface area contributed by atoms with E-state index in [0.717, 1.165) is 18.3 Å². The first-order valence-electron chi connectivity index (χ1n) is 4.55. The summed E-state index contributed by atoms with van der Waals surface area (Å²) in [4.78, 5) is 11.3. The molecule has 1 heteroatoms. The van der Waals surface area contributed by atoms with Crippen LogP contribution < -0.4 is 0 Å². The van der Waals surface area contributed by atoms with Gasteiger partial charge in [-0.2, -0.15) is 0 Å². The lowest BCUT2D eigenvalue weighted by Crippen LogP contribution is -2.23. The second-order valence-electron chi connectivity index (χ2n) is 4.18. The Labute approximate surface area is 66.5 Å². The van der Waals surface area contributed by atoms with E-state index in [1.54, 1.807) is 0 Å². The first-order chi connectivity index (χ1) is 5.36. The molecule has 0 amide bonds. The Morgan fingerprint density at radius 3 is 3.27 bits per heavy atom. The number of hydrogen-bond acceptors (Lipinski definition) is 1. The molecule has 2 bridgehead atoms. The number of ketones is 1. The molecule has 11 heavy (non-hydrogen) atoms. The zero-order chi connectivity index (χ0) is 7.42. The van der Waals surface area contributed by atoms with Crippen molar-refractivity contribution in [2.24, 2.45) is 23.7 Å². The average Bonchev–Trinajstić information content (AvgIpc) is 2.52. The van der Waals surface area contributed by atoms with Gasteiger partial charge in [0, 0.05) is 12.3 Å². The van der Waals surface area contributed by atoms with Crippen molar-refractivity contribution in [3.05, 3.63) is 12.2 Å². The highest BCUT2D eigenvalue weighted by Crippen LogP contribution is 2.54. The fraction of sp³-hybridized carbons (Fsp3) is 0.700. The summed E-state index contributed by atoms with van der Waals surface area (Å²) in [7, 11) is 0. The first-order valence-corrected chi connectivity index (χ1v) is 4.55. The molecule has 3 aliphatic carbocycles. The van der Waals surface area contributed by atoms with E-state index in [1.165, 1.54) is 12.8 Å². The van der Waals surface area contributed by atoms with Gasteiger partial charge in [0.25, 0.3) is 0 Å². The fourth-order valence-corrected chi connectivity index (χ4v) is 3.28. The van der Waals surface area contributed by atoms with Crippen molar-refractivity contribution in [1.29, 1.82) is 0 Å². The van der Waals surface area contributed by atoms with Crippen LogP contribution in [0.25, 0.3) is 0 Å². The molecule has 0 aromatic rings. The van der Waals surface area contributed by atoms with Crippen molar-refractivity contribution in [3.63, 3.8) is 0 Å². The summed E-state index contributed by atoms with van der Waals surface area (Å²) in [5.74, 6) is 3.25. The van der Waals surface area contributed by atoms with E-state index in [4.69, 9.17) is 0 Å². The number of carbonyl (C=O) groups excluding carboxylic acids is 1. The van der Waals surface area contributed by atoms with Gasteiger partial charge in [-0.05, 0) is 30.6 Å².